The van der Waals surface area contributed by atoms with Crippen LogP contribution in [0.25, 0.3) is 11.5 Å². The van der Waals surface area contributed by atoms with Crippen LogP contribution in [0.3, 0.4) is 0 Å². The Bertz CT molecular complexity index is 727. The fourth-order valence-electron chi connectivity index (χ4n) is 2.18. The van der Waals surface area contributed by atoms with E-state index in [0.717, 1.165) is 17.5 Å². The van der Waals surface area contributed by atoms with Crippen LogP contribution in [0, 0.1) is 0 Å². The second-order valence-electron chi connectivity index (χ2n) is 5.16. The van der Waals surface area contributed by atoms with E-state index in [9.17, 15) is 0 Å². The van der Waals surface area contributed by atoms with Crippen LogP contribution in [0.1, 0.15) is 18.3 Å². The molecule has 0 saturated heterocycles. The first-order chi connectivity index (χ1) is 10.8. The molecular formula is C15H19ClN6O. The van der Waals surface area contributed by atoms with Gasteiger partial charge in [0.05, 0.1) is 6.54 Å². The maximum absolute atomic E-state index is 5.42. The topological polar surface area (TPSA) is 81.7 Å². The summed E-state index contributed by atoms with van der Waals surface area (Å²) in [6.07, 6.45) is 3.93. The molecule has 3 aromatic rings. The Balaban J connectivity index is 0.00000192. The molecule has 1 unspecified atom stereocenters. The molecule has 1 aromatic carbocycles. The fourth-order valence-corrected chi connectivity index (χ4v) is 2.18. The molecule has 0 saturated carbocycles. The Labute approximate surface area is 140 Å². The second kappa shape index (κ2) is 7.85. The summed E-state index contributed by atoms with van der Waals surface area (Å²) >= 11 is 0. The number of aromatic nitrogens is 5. The summed E-state index contributed by atoms with van der Waals surface area (Å²) in [4.78, 5) is 8.46. The molecule has 0 amide bonds. The second-order valence-corrected chi connectivity index (χ2v) is 5.16. The summed E-state index contributed by atoms with van der Waals surface area (Å²) in [6, 6.07) is 8.24. The smallest absolute Gasteiger partial charge is 0.258 e. The highest BCUT2D eigenvalue weighted by atomic mass is 35.5. The lowest BCUT2D eigenvalue weighted by atomic mass is 10.1. The minimum absolute atomic E-state index is 0. The van der Waals surface area contributed by atoms with Crippen molar-refractivity contribution in [3.05, 3.63) is 48.3 Å². The summed E-state index contributed by atoms with van der Waals surface area (Å²) < 4.78 is 7.18. The third-order valence-electron chi connectivity index (χ3n) is 3.50. The molecule has 0 radical (unpaired) electrons. The van der Waals surface area contributed by atoms with Crippen molar-refractivity contribution in [2.24, 2.45) is 0 Å². The highest BCUT2D eigenvalue weighted by Crippen LogP contribution is 2.22. The van der Waals surface area contributed by atoms with Gasteiger partial charge in [0.1, 0.15) is 12.7 Å². The molecule has 0 aliphatic rings. The van der Waals surface area contributed by atoms with Crippen LogP contribution in [-0.2, 0) is 13.0 Å². The first kappa shape index (κ1) is 17.1. The van der Waals surface area contributed by atoms with Crippen molar-refractivity contribution in [3.8, 4) is 11.5 Å². The van der Waals surface area contributed by atoms with Crippen molar-refractivity contribution >= 4 is 12.4 Å². The molecule has 8 heteroatoms. The van der Waals surface area contributed by atoms with Gasteiger partial charge in [0, 0.05) is 18.0 Å². The Morgan fingerprint density at radius 2 is 2.13 bits per heavy atom. The molecule has 0 fully saturated rings. The molecule has 1 N–H and O–H groups in total. The Kier molecular flexibility index (Phi) is 5.84. The summed E-state index contributed by atoms with van der Waals surface area (Å²) in [7, 11) is 1.92. The van der Waals surface area contributed by atoms with Gasteiger partial charge in [-0.1, -0.05) is 23.4 Å². The van der Waals surface area contributed by atoms with Crippen molar-refractivity contribution in [1.29, 1.82) is 0 Å². The van der Waals surface area contributed by atoms with Crippen LogP contribution in [0.15, 0.2) is 41.4 Å². The zero-order valence-corrected chi connectivity index (χ0v) is 13.8. The maximum Gasteiger partial charge on any atom is 0.258 e. The van der Waals surface area contributed by atoms with Crippen molar-refractivity contribution in [1.82, 2.24) is 30.2 Å². The minimum atomic E-state index is 0. The largest absolute Gasteiger partial charge is 0.334 e. The Hall–Kier alpha value is -2.25. The molecular weight excluding hydrogens is 316 g/mol. The van der Waals surface area contributed by atoms with Gasteiger partial charge in [-0.15, -0.1) is 12.4 Å². The van der Waals surface area contributed by atoms with Gasteiger partial charge in [-0.25, -0.2) is 9.67 Å². The zero-order chi connectivity index (χ0) is 15.4. The molecule has 3 rings (SSSR count). The molecule has 7 nitrogen and oxygen atoms in total. The molecule has 0 aliphatic carbocycles. The van der Waals surface area contributed by atoms with Crippen LogP contribution < -0.4 is 5.32 Å². The average molecular weight is 335 g/mol. The highest BCUT2D eigenvalue weighted by Gasteiger charge is 2.14. The predicted octanol–water partition coefficient (Wildman–Crippen LogP) is 1.95. The van der Waals surface area contributed by atoms with Crippen molar-refractivity contribution in [3.63, 3.8) is 0 Å². The number of benzene rings is 1. The summed E-state index contributed by atoms with van der Waals surface area (Å²) in [5, 5.41) is 11.4. The van der Waals surface area contributed by atoms with Crippen molar-refractivity contribution in [2.75, 3.05) is 7.05 Å². The van der Waals surface area contributed by atoms with Gasteiger partial charge in [-0.2, -0.15) is 10.1 Å². The predicted molar refractivity (Wildman–Crippen MR) is 88.3 cm³/mol. The third-order valence-corrected chi connectivity index (χ3v) is 3.50. The van der Waals surface area contributed by atoms with Crippen molar-refractivity contribution < 1.29 is 4.52 Å². The normalized spacial score (nSPS) is 11.9. The quantitative estimate of drug-likeness (QED) is 0.742. The number of likely N-dealkylation sites (N-methyl/N-ethyl adjacent to an activating group) is 1. The molecule has 122 valence electrons. The van der Waals surface area contributed by atoms with E-state index < -0.39 is 0 Å². The van der Waals surface area contributed by atoms with Gasteiger partial charge >= 0.3 is 0 Å². The summed E-state index contributed by atoms with van der Waals surface area (Å²) in [5.41, 5.74) is 1.98. The Morgan fingerprint density at radius 3 is 2.87 bits per heavy atom. The van der Waals surface area contributed by atoms with Gasteiger partial charge in [0.25, 0.3) is 5.89 Å². The maximum atomic E-state index is 5.42. The van der Waals surface area contributed by atoms with Gasteiger partial charge in [-0.3, -0.25) is 0 Å². The zero-order valence-electron chi connectivity index (χ0n) is 13.0. The van der Waals surface area contributed by atoms with E-state index in [2.05, 4.69) is 32.5 Å². The lowest BCUT2D eigenvalue weighted by molar-refractivity contribution is 0.417. The molecule has 0 bridgehead atoms. The lowest BCUT2D eigenvalue weighted by Crippen LogP contribution is -2.24. The monoisotopic (exact) mass is 334 g/mol. The van der Waals surface area contributed by atoms with Gasteiger partial charge in [0.15, 0.2) is 5.82 Å². The molecule has 1 atom stereocenters. The van der Waals surface area contributed by atoms with Gasteiger partial charge in [0.2, 0.25) is 0 Å². The minimum Gasteiger partial charge on any atom is -0.334 e. The Morgan fingerprint density at radius 1 is 1.30 bits per heavy atom. The van der Waals surface area contributed by atoms with E-state index in [1.807, 2.05) is 31.3 Å². The number of nitrogens with zero attached hydrogens (tertiary/aromatic N) is 5. The van der Waals surface area contributed by atoms with Crippen molar-refractivity contribution in [2.45, 2.75) is 25.9 Å². The number of hydrogen-bond acceptors (Lipinski definition) is 6. The third kappa shape index (κ3) is 4.14. The first-order valence-corrected chi connectivity index (χ1v) is 7.17. The van der Waals surface area contributed by atoms with Gasteiger partial charge < -0.3 is 9.84 Å². The summed E-state index contributed by atoms with van der Waals surface area (Å²) in [5.74, 6) is 1.24. The van der Waals surface area contributed by atoms with Crippen LogP contribution in [0.2, 0.25) is 0 Å². The van der Waals surface area contributed by atoms with E-state index in [1.165, 1.54) is 6.33 Å². The number of rotatable bonds is 6. The average Bonchev–Trinajstić information content (AvgIpc) is 3.20. The molecule has 2 heterocycles. The highest BCUT2D eigenvalue weighted by molar-refractivity contribution is 5.85. The van der Waals surface area contributed by atoms with Gasteiger partial charge in [-0.05, 0) is 25.6 Å². The van der Waals surface area contributed by atoms with E-state index >= 15 is 0 Å². The molecule has 0 aliphatic heterocycles. The number of nitrogens with one attached hydrogen (secondary N) is 1. The lowest BCUT2D eigenvalue weighted by Gasteiger charge is -2.06. The van der Waals surface area contributed by atoms with Crippen LogP contribution in [-0.4, -0.2) is 38.0 Å². The molecule has 23 heavy (non-hydrogen) atoms. The molecule has 2 aromatic heterocycles. The summed E-state index contributed by atoms with van der Waals surface area (Å²) in [6.45, 7) is 2.69. The number of hydrogen-bond donors (Lipinski definition) is 1. The fraction of sp³-hybridized carbons (Fsp3) is 0.333. The van der Waals surface area contributed by atoms with Crippen LogP contribution >= 0.6 is 12.4 Å². The van der Waals surface area contributed by atoms with Crippen LogP contribution in [0.4, 0.5) is 0 Å². The van der Waals surface area contributed by atoms with E-state index in [4.69, 9.17) is 4.52 Å². The van der Waals surface area contributed by atoms with E-state index in [1.54, 1.807) is 11.0 Å². The molecule has 0 spiro atoms. The standard InChI is InChI=1S/C15H18N6O.ClH/c1-11(16-2)7-14-19-15(22-20-14)13-6-4-3-5-12(13)8-21-10-17-9-18-21;/h3-6,9-11,16H,7-8H2,1-2H3;1H. The van der Waals surface area contributed by atoms with E-state index in [0.29, 0.717) is 24.3 Å². The first-order valence-electron chi connectivity index (χ1n) is 7.17. The van der Waals surface area contributed by atoms with Crippen LogP contribution in [0.5, 0.6) is 0 Å². The number of halogens is 1. The van der Waals surface area contributed by atoms with E-state index in [-0.39, 0.29) is 12.4 Å². The SMILES string of the molecule is CNC(C)Cc1noc(-c2ccccc2Cn2cncn2)n1.Cl.